The topological polar surface area (TPSA) is 76.9 Å². The summed E-state index contributed by atoms with van der Waals surface area (Å²) in [5, 5.41) is 8.10. The summed E-state index contributed by atoms with van der Waals surface area (Å²) in [6, 6.07) is 8.86. The zero-order valence-electron chi connectivity index (χ0n) is 13.2. The highest BCUT2D eigenvalue weighted by Gasteiger charge is 2.25. The fourth-order valence-electron chi connectivity index (χ4n) is 2.63. The fourth-order valence-corrected chi connectivity index (χ4v) is 3.44. The van der Waals surface area contributed by atoms with Crippen LogP contribution in [-0.4, -0.2) is 20.7 Å². The van der Waals surface area contributed by atoms with Crippen LogP contribution in [0, 0.1) is 6.92 Å². The summed E-state index contributed by atoms with van der Waals surface area (Å²) in [5.41, 5.74) is 2.16. The number of thiazole rings is 1. The summed E-state index contributed by atoms with van der Waals surface area (Å²) in [6.45, 7) is 1.86. The average Bonchev–Trinajstić information content (AvgIpc) is 3.31. The first-order valence-corrected chi connectivity index (χ1v) is 8.65. The molecule has 1 saturated carbocycles. The van der Waals surface area contributed by atoms with Crippen LogP contribution in [0.2, 0.25) is 0 Å². The molecule has 2 aromatic heterocycles. The van der Waals surface area contributed by atoms with Gasteiger partial charge in [-0.15, -0.1) is 11.3 Å². The zero-order valence-corrected chi connectivity index (χ0v) is 14.0. The quantitative estimate of drug-likeness (QED) is 0.792. The third-order valence-electron chi connectivity index (χ3n) is 3.95. The summed E-state index contributed by atoms with van der Waals surface area (Å²) in [7, 11) is 0. The van der Waals surface area contributed by atoms with Gasteiger partial charge in [-0.05, 0) is 44.0 Å². The van der Waals surface area contributed by atoms with E-state index < -0.39 is 0 Å². The van der Waals surface area contributed by atoms with Crippen LogP contribution >= 0.6 is 11.3 Å². The summed E-state index contributed by atoms with van der Waals surface area (Å²) < 4.78 is 2.31. The van der Waals surface area contributed by atoms with Gasteiger partial charge >= 0.3 is 0 Å². The average molecular weight is 340 g/mol. The van der Waals surface area contributed by atoms with Crippen molar-refractivity contribution in [3.05, 3.63) is 51.4 Å². The Morgan fingerprint density at radius 3 is 2.96 bits per heavy atom. The van der Waals surface area contributed by atoms with E-state index in [1.54, 1.807) is 17.4 Å². The van der Waals surface area contributed by atoms with Gasteiger partial charge in [0.2, 0.25) is 5.91 Å². The van der Waals surface area contributed by atoms with E-state index in [1.807, 2.05) is 25.1 Å². The molecule has 6 nitrogen and oxygen atoms in total. The number of nitrogens with zero attached hydrogens (tertiary/aromatic N) is 3. The van der Waals surface area contributed by atoms with Gasteiger partial charge < -0.3 is 5.32 Å². The SMILES string of the molecule is Cc1nc2cc(NC(=O)Cn3nc(C4CC4)ccc3=O)ccc2s1. The van der Waals surface area contributed by atoms with Crippen molar-refractivity contribution in [2.75, 3.05) is 5.32 Å². The molecule has 1 fully saturated rings. The highest BCUT2D eigenvalue weighted by Crippen LogP contribution is 2.38. The van der Waals surface area contributed by atoms with Crippen LogP contribution in [0.25, 0.3) is 10.2 Å². The summed E-state index contributed by atoms with van der Waals surface area (Å²) in [6.07, 6.45) is 2.20. The number of rotatable bonds is 4. The molecule has 1 aliphatic carbocycles. The van der Waals surface area contributed by atoms with E-state index in [0.717, 1.165) is 33.8 Å². The van der Waals surface area contributed by atoms with Gasteiger partial charge in [0, 0.05) is 17.7 Å². The highest BCUT2D eigenvalue weighted by atomic mass is 32.1. The molecule has 0 saturated heterocycles. The van der Waals surface area contributed by atoms with E-state index in [9.17, 15) is 9.59 Å². The Labute approximate surface area is 142 Å². The van der Waals surface area contributed by atoms with Crippen molar-refractivity contribution >= 4 is 33.1 Å². The molecule has 1 N–H and O–H groups in total. The van der Waals surface area contributed by atoms with Crippen LogP contribution in [0.3, 0.4) is 0 Å². The number of aromatic nitrogens is 3. The number of carbonyl (C=O) groups excluding carboxylic acids is 1. The first kappa shape index (κ1) is 15.0. The fraction of sp³-hybridized carbons (Fsp3) is 0.294. The second kappa shape index (κ2) is 5.83. The second-order valence-electron chi connectivity index (χ2n) is 5.99. The minimum atomic E-state index is -0.274. The summed E-state index contributed by atoms with van der Waals surface area (Å²) in [4.78, 5) is 28.6. The number of hydrogen-bond acceptors (Lipinski definition) is 5. The number of benzene rings is 1. The van der Waals surface area contributed by atoms with Crippen molar-refractivity contribution in [1.29, 1.82) is 0 Å². The van der Waals surface area contributed by atoms with Crippen LogP contribution < -0.4 is 10.9 Å². The largest absolute Gasteiger partial charge is 0.324 e. The van der Waals surface area contributed by atoms with E-state index in [1.165, 1.54) is 10.7 Å². The Hall–Kier alpha value is -2.54. The molecule has 1 aromatic carbocycles. The predicted octanol–water partition coefficient (Wildman–Crippen LogP) is 2.68. The number of nitrogens with one attached hydrogen (secondary N) is 1. The van der Waals surface area contributed by atoms with Gasteiger partial charge in [0.15, 0.2) is 0 Å². The third kappa shape index (κ3) is 3.07. The summed E-state index contributed by atoms with van der Waals surface area (Å²) in [5.74, 6) is 0.166. The molecule has 0 unspecified atom stereocenters. The number of fused-ring (bicyclic) bond motifs is 1. The Morgan fingerprint density at radius 1 is 1.33 bits per heavy atom. The molecule has 0 aliphatic heterocycles. The number of hydrogen-bond donors (Lipinski definition) is 1. The van der Waals surface area contributed by atoms with Gasteiger partial charge in [0.25, 0.3) is 5.56 Å². The lowest BCUT2D eigenvalue weighted by Gasteiger charge is -2.08. The molecular weight excluding hydrogens is 324 g/mol. The van der Waals surface area contributed by atoms with Gasteiger partial charge in [-0.25, -0.2) is 9.67 Å². The molecule has 1 amide bonds. The van der Waals surface area contributed by atoms with Crippen LogP contribution in [0.5, 0.6) is 0 Å². The molecule has 0 radical (unpaired) electrons. The molecule has 0 atom stereocenters. The first-order chi connectivity index (χ1) is 11.6. The molecule has 7 heteroatoms. The van der Waals surface area contributed by atoms with Gasteiger partial charge in [-0.1, -0.05) is 0 Å². The van der Waals surface area contributed by atoms with Gasteiger partial charge in [-0.3, -0.25) is 9.59 Å². The Bertz CT molecular complexity index is 988. The maximum absolute atomic E-state index is 12.2. The molecule has 0 spiro atoms. The molecule has 3 aromatic rings. The van der Waals surface area contributed by atoms with Crippen molar-refractivity contribution in [2.24, 2.45) is 0 Å². The van der Waals surface area contributed by atoms with Crippen molar-refractivity contribution < 1.29 is 4.79 Å². The van der Waals surface area contributed by atoms with Gasteiger partial charge in [0.05, 0.1) is 20.9 Å². The van der Waals surface area contributed by atoms with Crippen molar-refractivity contribution in [2.45, 2.75) is 32.2 Å². The predicted molar refractivity (Wildman–Crippen MR) is 93.5 cm³/mol. The lowest BCUT2D eigenvalue weighted by molar-refractivity contribution is -0.117. The minimum Gasteiger partial charge on any atom is -0.324 e. The van der Waals surface area contributed by atoms with E-state index in [-0.39, 0.29) is 18.0 Å². The molecule has 2 heterocycles. The number of aryl methyl sites for hydroxylation is 1. The van der Waals surface area contributed by atoms with Gasteiger partial charge in [0.1, 0.15) is 6.54 Å². The molecular formula is C17H16N4O2S. The lowest BCUT2D eigenvalue weighted by Crippen LogP contribution is -2.29. The molecule has 24 heavy (non-hydrogen) atoms. The lowest BCUT2D eigenvalue weighted by atomic mass is 10.3. The number of carbonyl (C=O) groups is 1. The van der Waals surface area contributed by atoms with Crippen LogP contribution in [0.1, 0.15) is 29.5 Å². The maximum atomic E-state index is 12.2. The Balaban J connectivity index is 1.51. The van der Waals surface area contributed by atoms with E-state index >= 15 is 0 Å². The first-order valence-electron chi connectivity index (χ1n) is 7.83. The Kier molecular flexibility index (Phi) is 3.65. The van der Waals surface area contributed by atoms with Crippen LogP contribution in [0.4, 0.5) is 5.69 Å². The van der Waals surface area contributed by atoms with Crippen LogP contribution in [0.15, 0.2) is 35.1 Å². The zero-order chi connectivity index (χ0) is 16.7. The summed E-state index contributed by atoms with van der Waals surface area (Å²) >= 11 is 1.62. The standard InChI is InChI=1S/C17H16N4O2S/c1-10-18-14-8-12(4-6-15(14)24-10)19-16(22)9-21-17(23)7-5-13(20-21)11-2-3-11/h4-8,11H,2-3,9H2,1H3,(H,19,22). The van der Waals surface area contributed by atoms with E-state index in [0.29, 0.717) is 11.6 Å². The van der Waals surface area contributed by atoms with E-state index in [2.05, 4.69) is 15.4 Å². The van der Waals surface area contributed by atoms with Crippen molar-refractivity contribution in [3.63, 3.8) is 0 Å². The minimum absolute atomic E-state index is 0.0898. The van der Waals surface area contributed by atoms with Gasteiger partial charge in [-0.2, -0.15) is 5.10 Å². The molecule has 1 aliphatic rings. The monoisotopic (exact) mass is 340 g/mol. The van der Waals surface area contributed by atoms with E-state index in [4.69, 9.17) is 0 Å². The van der Waals surface area contributed by atoms with Crippen LogP contribution in [-0.2, 0) is 11.3 Å². The highest BCUT2D eigenvalue weighted by molar-refractivity contribution is 7.18. The maximum Gasteiger partial charge on any atom is 0.267 e. The number of amides is 1. The normalized spacial score (nSPS) is 14.0. The molecule has 0 bridgehead atoms. The number of anilines is 1. The van der Waals surface area contributed by atoms with Crippen molar-refractivity contribution in [3.8, 4) is 0 Å². The van der Waals surface area contributed by atoms with Crippen molar-refractivity contribution in [1.82, 2.24) is 14.8 Å². The molecule has 122 valence electrons. The third-order valence-corrected chi connectivity index (χ3v) is 4.91. The Morgan fingerprint density at radius 2 is 2.17 bits per heavy atom. The second-order valence-corrected chi connectivity index (χ2v) is 7.23. The molecule has 4 rings (SSSR count). The smallest absolute Gasteiger partial charge is 0.267 e.